The van der Waals surface area contributed by atoms with E-state index in [0.717, 1.165) is 17.7 Å². The van der Waals surface area contributed by atoms with Crippen molar-refractivity contribution in [3.05, 3.63) is 28.8 Å². The van der Waals surface area contributed by atoms with Crippen LogP contribution in [0, 0.1) is 0 Å². The Morgan fingerprint density at radius 2 is 2.21 bits per heavy atom. The maximum absolute atomic E-state index is 11.7. The first kappa shape index (κ1) is 9.53. The lowest BCUT2D eigenvalue weighted by molar-refractivity contribution is -0.120. The summed E-state index contributed by atoms with van der Waals surface area (Å²) in [6.07, 6.45) is 0.784. The van der Waals surface area contributed by atoms with Crippen LogP contribution in [0.4, 0.5) is 5.69 Å². The molecule has 0 aliphatic carbocycles. The second-order valence-corrected chi connectivity index (χ2v) is 4.27. The van der Waals surface area contributed by atoms with Gasteiger partial charge in [0.05, 0.1) is 5.41 Å². The summed E-state index contributed by atoms with van der Waals surface area (Å²) in [5.41, 5.74) is 1.49. The van der Waals surface area contributed by atoms with Crippen molar-refractivity contribution < 1.29 is 4.79 Å². The molecule has 1 aliphatic heterocycles. The van der Waals surface area contributed by atoms with E-state index in [1.54, 1.807) is 6.07 Å². The van der Waals surface area contributed by atoms with Crippen LogP contribution in [0.15, 0.2) is 18.2 Å². The average Bonchev–Trinajstić information content (AvgIpc) is 2.41. The molecule has 1 unspecified atom stereocenters. The third-order valence-electron chi connectivity index (χ3n) is 3.03. The molecule has 2 nitrogen and oxygen atoms in total. The first-order valence-corrected chi connectivity index (χ1v) is 5.07. The second-order valence-electron chi connectivity index (χ2n) is 3.83. The van der Waals surface area contributed by atoms with E-state index in [1.807, 2.05) is 26.0 Å². The summed E-state index contributed by atoms with van der Waals surface area (Å²) in [5, 5.41) is 3.55. The predicted octanol–water partition coefficient (Wildman–Crippen LogP) is 2.96. The first-order chi connectivity index (χ1) is 6.58. The van der Waals surface area contributed by atoms with E-state index in [2.05, 4.69) is 5.32 Å². The molecule has 1 aliphatic rings. The standard InChI is InChI=1S/C11H12ClNO/c1-3-11(2)8-6-7(12)4-5-9(8)13-10(11)14/h4-6H,3H2,1-2H3,(H,13,14). The molecular weight excluding hydrogens is 198 g/mol. The molecule has 1 heterocycles. The normalized spacial score (nSPS) is 24.6. The Labute approximate surface area is 88.3 Å². The van der Waals surface area contributed by atoms with Crippen LogP contribution in [-0.2, 0) is 10.2 Å². The van der Waals surface area contributed by atoms with E-state index in [4.69, 9.17) is 11.6 Å². The Kier molecular flexibility index (Phi) is 2.04. The quantitative estimate of drug-likeness (QED) is 0.757. The van der Waals surface area contributed by atoms with E-state index < -0.39 is 5.41 Å². The minimum atomic E-state index is -0.416. The molecule has 1 aromatic carbocycles. The fraction of sp³-hybridized carbons (Fsp3) is 0.364. The Bertz CT molecular complexity index is 402. The van der Waals surface area contributed by atoms with Gasteiger partial charge in [0.1, 0.15) is 0 Å². The molecule has 0 saturated heterocycles. The van der Waals surface area contributed by atoms with Gasteiger partial charge in [-0.25, -0.2) is 0 Å². The van der Waals surface area contributed by atoms with Gasteiger partial charge in [-0.05, 0) is 37.1 Å². The molecule has 2 rings (SSSR count). The Morgan fingerprint density at radius 3 is 2.86 bits per heavy atom. The summed E-state index contributed by atoms with van der Waals surface area (Å²) in [5.74, 6) is 0.0669. The average molecular weight is 210 g/mol. The van der Waals surface area contributed by atoms with E-state index in [0.29, 0.717) is 5.02 Å². The molecular formula is C11H12ClNO. The second kappa shape index (κ2) is 2.99. The van der Waals surface area contributed by atoms with Crippen molar-refractivity contribution in [3.8, 4) is 0 Å². The fourth-order valence-electron chi connectivity index (χ4n) is 1.82. The summed E-state index contributed by atoms with van der Waals surface area (Å²) in [7, 11) is 0. The summed E-state index contributed by atoms with van der Waals surface area (Å²) >= 11 is 5.92. The van der Waals surface area contributed by atoms with Gasteiger partial charge in [0.25, 0.3) is 0 Å². The fourth-order valence-corrected chi connectivity index (χ4v) is 1.99. The van der Waals surface area contributed by atoms with Crippen LogP contribution in [0.1, 0.15) is 25.8 Å². The molecule has 0 bridgehead atoms. The van der Waals surface area contributed by atoms with Gasteiger partial charge in [-0.15, -0.1) is 0 Å². The number of carbonyl (C=O) groups excluding carboxylic acids is 1. The van der Waals surface area contributed by atoms with Gasteiger partial charge in [0, 0.05) is 10.7 Å². The number of halogens is 1. The van der Waals surface area contributed by atoms with Crippen LogP contribution in [0.2, 0.25) is 5.02 Å². The van der Waals surface area contributed by atoms with Crippen molar-refractivity contribution in [1.82, 2.24) is 0 Å². The van der Waals surface area contributed by atoms with Crippen molar-refractivity contribution in [1.29, 1.82) is 0 Å². The van der Waals surface area contributed by atoms with Crippen LogP contribution in [-0.4, -0.2) is 5.91 Å². The molecule has 74 valence electrons. The monoisotopic (exact) mass is 209 g/mol. The van der Waals surface area contributed by atoms with Gasteiger partial charge in [0.2, 0.25) is 5.91 Å². The molecule has 0 fully saturated rings. The smallest absolute Gasteiger partial charge is 0.234 e. The Hall–Kier alpha value is -1.02. The molecule has 0 spiro atoms. The lowest BCUT2D eigenvalue weighted by atomic mass is 9.81. The number of amides is 1. The molecule has 3 heteroatoms. The first-order valence-electron chi connectivity index (χ1n) is 4.69. The minimum absolute atomic E-state index is 0.0669. The topological polar surface area (TPSA) is 29.1 Å². The zero-order valence-electron chi connectivity index (χ0n) is 8.23. The van der Waals surface area contributed by atoms with Gasteiger partial charge >= 0.3 is 0 Å². The minimum Gasteiger partial charge on any atom is -0.325 e. The SMILES string of the molecule is CCC1(C)C(=O)Nc2ccc(Cl)cc21. The summed E-state index contributed by atoms with van der Waals surface area (Å²) in [6.45, 7) is 3.96. The number of rotatable bonds is 1. The molecule has 1 N–H and O–H groups in total. The molecule has 0 aromatic heterocycles. The van der Waals surface area contributed by atoms with Crippen LogP contribution in [0.25, 0.3) is 0 Å². The third-order valence-corrected chi connectivity index (χ3v) is 3.27. The number of hydrogen-bond acceptors (Lipinski definition) is 1. The highest BCUT2D eigenvalue weighted by Crippen LogP contribution is 2.40. The summed E-state index contributed by atoms with van der Waals surface area (Å²) in [4.78, 5) is 11.7. The maximum Gasteiger partial charge on any atom is 0.234 e. The number of benzene rings is 1. The number of anilines is 1. The number of carbonyl (C=O) groups is 1. The van der Waals surface area contributed by atoms with Crippen molar-refractivity contribution in [2.45, 2.75) is 25.7 Å². The van der Waals surface area contributed by atoms with E-state index in [-0.39, 0.29) is 5.91 Å². The highest BCUT2D eigenvalue weighted by atomic mass is 35.5. The van der Waals surface area contributed by atoms with Crippen LogP contribution in [0.5, 0.6) is 0 Å². The lowest BCUT2D eigenvalue weighted by Crippen LogP contribution is -2.29. The maximum atomic E-state index is 11.7. The molecule has 1 atom stereocenters. The van der Waals surface area contributed by atoms with Crippen molar-refractivity contribution in [2.75, 3.05) is 5.32 Å². The van der Waals surface area contributed by atoms with E-state index >= 15 is 0 Å². The lowest BCUT2D eigenvalue weighted by Gasteiger charge is -2.19. The molecule has 0 radical (unpaired) electrons. The van der Waals surface area contributed by atoms with Crippen LogP contribution < -0.4 is 5.32 Å². The van der Waals surface area contributed by atoms with Crippen molar-refractivity contribution >= 4 is 23.2 Å². The summed E-state index contributed by atoms with van der Waals surface area (Å²) < 4.78 is 0. The van der Waals surface area contributed by atoms with Gasteiger partial charge in [-0.2, -0.15) is 0 Å². The highest BCUT2D eigenvalue weighted by molar-refractivity contribution is 6.31. The largest absolute Gasteiger partial charge is 0.325 e. The molecule has 14 heavy (non-hydrogen) atoms. The number of hydrogen-bond donors (Lipinski definition) is 1. The van der Waals surface area contributed by atoms with Gasteiger partial charge in [-0.1, -0.05) is 18.5 Å². The highest BCUT2D eigenvalue weighted by Gasteiger charge is 2.40. The van der Waals surface area contributed by atoms with Gasteiger partial charge < -0.3 is 5.32 Å². The zero-order valence-corrected chi connectivity index (χ0v) is 8.98. The molecule has 0 saturated carbocycles. The Balaban J connectivity index is 2.61. The summed E-state index contributed by atoms with van der Waals surface area (Å²) in [6, 6.07) is 5.52. The molecule has 1 amide bonds. The van der Waals surface area contributed by atoms with Crippen LogP contribution in [0.3, 0.4) is 0 Å². The van der Waals surface area contributed by atoms with Gasteiger partial charge in [0.15, 0.2) is 0 Å². The number of fused-ring (bicyclic) bond motifs is 1. The van der Waals surface area contributed by atoms with Crippen LogP contribution >= 0.6 is 11.6 Å². The Morgan fingerprint density at radius 1 is 1.50 bits per heavy atom. The predicted molar refractivity (Wildman–Crippen MR) is 57.7 cm³/mol. The molecule has 1 aromatic rings. The van der Waals surface area contributed by atoms with Crippen molar-refractivity contribution in [2.24, 2.45) is 0 Å². The van der Waals surface area contributed by atoms with Crippen molar-refractivity contribution in [3.63, 3.8) is 0 Å². The van der Waals surface area contributed by atoms with E-state index in [1.165, 1.54) is 0 Å². The number of nitrogens with one attached hydrogen (secondary N) is 1. The zero-order chi connectivity index (χ0) is 10.3. The van der Waals surface area contributed by atoms with Gasteiger partial charge in [-0.3, -0.25) is 4.79 Å². The third kappa shape index (κ3) is 1.14. The van der Waals surface area contributed by atoms with E-state index in [9.17, 15) is 4.79 Å².